The SMILES string of the molecule is CCCNC(=O)N(CC(=O)N1CCn2cccc2C1c1ccccc1OC)C1CC1. The van der Waals surface area contributed by atoms with Gasteiger partial charge < -0.3 is 24.4 Å². The molecule has 1 atom stereocenters. The lowest BCUT2D eigenvalue weighted by Gasteiger charge is -2.39. The third-order valence-corrected chi connectivity index (χ3v) is 5.87. The summed E-state index contributed by atoms with van der Waals surface area (Å²) in [4.78, 5) is 29.7. The van der Waals surface area contributed by atoms with Crippen molar-refractivity contribution < 1.29 is 14.3 Å². The van der Waals surface area contributed by atoms with E-state index in [1.54, 1.807) is 12.0 Å². The highest BCUT2D eigenvalue weighted by molar-refractivity contribution is 5.85. The van der Waals surface area contributed by atoms with Gasteiger partial charge in [-0.05, 0) is 37.5 Å². The van der Waals surface area contributed by atoms with E-state index in [4.69, 9.17) is 4.74 Å². The quantitative estimate of drug-likeness (QED) is 0.763. The number of hydrogen-bond acceptors (Lipinski definition) is 3. The van der Waals surface area contributed by atoms with Crippen molar-refractivity contribution in [3.8, 4) is 5.75 Å². The van der Waals surface area contributed by atoms with E-state index in [0.29, 0.717) is 13.1 Å². The van der Waals surface area contributed by atoms with Crippen LogP contribution in [0.4, 0.5) is 4.79 Å². The maximum absolute atomic E-state index is 13.5. The van der Waals surface area contributed by atoms with E-state index in [1.807, 2.05) is 48.4 Å². The molecule has 2 aliphatic rings. The van der Waals surface area contributed by atoms with Crippen LogP contribution in [0.25, 0.3) is 0 Å². The van der Waals surface area contributed by atoms with E-state index in [1.165, 1.54) is 0 Å². The van der Waals surface area contributed by atoms with Gasteiger partial charge in [-0.25, -0.2) is 4.79 Å². The van der Waals surface area contributed by atoms with Gasteiger partial charge in [0.1, 0.15) is 18.3 Å². The Morgan fingerprint density at radius 2 is 1.97 bits per heavy atom. The van der Waals surface area contributed by atoms with Gasteiger partial charge in [-0.2, -0.15) is 0 Å². The molecule has 1 aliphatic heterocycles. The van der Waals surface area contributed by atoms with E-state index >= 15 is 0 Å². The van der Waals surface area contributed by atoms with E-state index in [-0.39, 0.29) is 30.6 Å². The third kappa shape index (κ3) is 4.01. The Balaban J connectivity index is 1.61. The Labute approximate surface area is 177 Å². The number of hydrogen-bond donors (Lipinski definition) is 1. The molecule has 0 saturated heterocycles. The number of amides is 3. The van der Waals surface area contributed by atoms with E-state index < -0.39 is 0 Å². The zero-order valence-corrected chi connectivity index (χ0v) is 17.7. The molecule has 0 bridgehead atoms. The molecule has 1 N–H and O–H groups in total. The highest BCUT2D eigenvalue weighted by Crippen LogP contribution is 2.37. The minimum absolute atomic E-state index is 0.0306. The zero-order valence-electron chi connectivity index (χ0n) is 17.7. The minimum Gasteiger partial charge on any atom is -0.496 e. The van der Waals surface area contributed by atoms with Crippen LogP contribution in [-0.4, -0.2) is 59.1 Å². The smallest absolute Gasteiger partial charge is 0.318 e. The molecule has 1 saturated carbocycles. The molecule has 1 fully saturated rings. The summed E-state index contributed by atoms with van der Waals surface area (Å²) in [6.07, 6.45) is 4.85. The maximum Gasteiger partial charge on any atom is 0.318 e. The molecule has 3 amide bonds. The molecule has 7 nitrogen and oxygen atoms in total. The number of nitrogens with zero attached hydrogens (tertiary/aromatic N) is 3. The summed E-state index contributed by atoms with van der Waals surface area (Å²) in [7, 11) is 1.65. The lowest BCUT2D eigenvalue weighted by atomic mass is 9.98. The van der Waals surface area contributed by atoms with Crippen molar-refractivity contribution in [2.24, 2.45) is 0 Å². The Bertz CT molecular complexity index is 905. The lowest BCUT2D eigenvalue weighted by molar-refractivity contribution is -0.134. The van der Waals surface area contributed by atoms with Gasteiger partial charge >= 0.3 is 6.03 Å². The average Bonchev–Trinajstić information content (AvgIpc) is 3.50. The van der Waals surface area contributed by atoms with Crippen LogP contribution in [0.2, 0.25) is 0 Å². The molecule has 1 aliphatic carbocycles. The van der Waals surface area contributed by atoms with Crippen molar-refractivity contribution in [3.05, 3.63) is 53.9 Å². The van der Waals surface area contributed by atoms with E-state index in [2.05, 4.69) is 16.0 Å². The van der Waals surface area contributed by atoms with Crippen LogP contribution in [0.3, 0.4) is 0 Å². The number of benzene rings is 1. The number of fused-ring (bicyclic) bond motifs is 1. The predicted octanol–water partition coefficient (Wildman–Crippen LogP) is 3.01. The van der Waals surface area contributed by atoms with Crippen molar-refractivity contribution in [1.82, 2.24) is 19.7 Å². The van der Waals surface area contributed by atoms with Crippen LogP contribution in [0.15, 0.2) is 42.6 Å². The lowest BCUT2D eigenvalue weighted by Crippen LogP contribution is -2.50. The summed E-state index contributed by atoms with van der Waals surface area (Å²) in [6, 6.07) is 11.7. The highest BCUT2D eigenvalue weighted by Gasteiger charge is 2.38. The van der Waals surface area contributed by atoms with Crippen LogP contribution in [0, 0.1) is 0 Å². The minimum atomic E-state index is -0.239. The first-order valence-electron chi connectivity index (χ1n) is 10.8. The van der Waals surface area contributed by atoms with Crippen molar-refractivity contribution in [2.75, 3.05) is 26.7 Å². The fraction of sp³-hybridized carbons (Fsp3) is 0.478. The molecule has 1 aromatic heterocycles. The zero-order chi connectivity index (χ0) is 21.1. The van der Waals surface area contributed by atoms with Crippen LogP contribution in [0.5, 0.6) is 5.75 Å². The molecule has 4 rings (SSSR count). The summed E-state index contributed by atoms with van der Waals surface area (Å²) in [5.74, 6) is 0.728. The number of methoxy groups -OCH3 is 1. The number of urea groups is 1. The van der Waals surface area contributed by atoms with Gasteiger partial charge in [0.2, 0.25) is 5.91 Å². The summed E-state index contributed by atoms with van der Waals surface area (Å²) in [5, 5.41) is 2.93. The number of para-hydroxylation sites is 1. The van der Waals surface area contributed by atoms with Gasteiger partial charge in [0.25, 0.3) is 0 Å². The van der Waals surface area contributed by atoms with Crippen LogP contribution < -0.4 is 10.1 Å². The monoisotopic (exact) mass is 410 g/mol. The molecular formula is C23H30N4O3. The largest absolute Gasteiger partial charge is 0.496 e. The fourth-order valence-electron chi connectivity index (χ4n) is 4.19. The molecular weight excluding hydrogens is 380 g/mol. The van der Waals surface area contributed by atoms with Crippen LogP contribution in [0.1, 0.15) is 43.5 Å². The first-order chi connectivity index (χ1) is 14.6. The molecule has 7 heteroatoms. The van der Waals surface area contributed by atoms with Crippen LogP contribution >= 0.6 is 0 Å². The maximum atomic E-state index is 13.5. The van der Waals surface area contributed by atoms with Crippen LogP contribution in [-0.2, 0) is 11.3 Å². The number of ether oxygens (including phenoxy) is 1. The third-order valence-electron chi connectivity index (χ3n) is 5.87. The second-order valence-electron chi connectivity index (χ2n) is 7.95. The molecule has 1 unspecified atom stereocenters. The van der Waals surface area contributed by atoms with E-state index in [0.717, 1.165) is 42.8 Å². The Hall–Kier alpha value is -2.96. The topological polar surface area (TPSA) is 66.8 Å². The van der Waals surface area contributed by atoms with Crippen molar-refractivity contribution in [2.45, 2.75) is 44.8 Å². The van der Waals surface area contributed by atoms with Gasteiger partial charge in [-0.3, -0.25) is 4.79 Å². The Morgan fingerprint density at radius 3 is 2.70 bits per heavy atom. The second kappa shape index (κ2) is 8.81. The van der Waals surface area contributed by atoms with Crippen molar-refractivity contribution >= 4 is 11.9 Å². The highest BCUT2D eigenvalue weighted by atomic mass is 16.5. The summed E-state index contributed by atoms with van der Waals surface area (Å²) in [5.41, 5.74) is 2.02. The second-order valence-corrected chi connectivity index (χ2v) is 7.95. The van der Waals surface area contributed by atoms with Gasteiger partial charge in [0, 0.05) is 43.1 Å². The predicted molar refractivity (Wildman–Crippen MR) is 114 cm³/mol. The number of rotatable bonds is 7. The van der Waals surface area contributed by atoms with E-state index in [9.17, 15) is 9.59 Å². The first-order valence-corrected chi connectivity index (χ1v) is 10.8. The summed E-state index contributed by atoms with van der Waals surface area (Å²) < 4.78 is 7.80. The average molecular weight is 411 g/mol. The fourth-order valence-corrected chi connectivity index (χ4v) is 4.19. The van der Waals surface area contributed by atoms with Gasteiger partial charge in [-0.15, -0.1) is 0 Å². The number of carbonyl (C=O) groups excluding carboxylic acids is 2. The number of aromatic nitrogens is 1. The summed E-state index contributed by atoms with van der Waals surface area (Å²) >= 11 is 0. The molecule has 2 aromatic rings. The van der Waals surface area contributed by atoms with Gasteiger partial charge in [0.15, 0.2) is 0 Å². The van der Waals surface area contributed by atoms with Crippen molar-refractivity contribution in [3.63, 3.8) is 0 Å². The van der Waals surface area contributed by atoms with Gasteiger partial charge in [0.05, 0.1) is 7.11 Å². The molecule has 2 heterocycles. The molecule has 0 radical (unpaired) electrons. The normalized spacial score (nSPS) is 17.9. The van der Waals surface area contributed by atoms with Gasteiger partial charge in [-0.1, -0.05) is 25.1 Å². The Morgan fingerprint density at radius 1 is 1.17 bits per heavy atom. The molecule has 160 valence electrons. The first kappa shape index (κ1) is 20.3. The summed E-state index contributed by atoms with van der Waals surface area (Å²) in [6.45, 7) is 4.08. The molecule has 30 heavy (non-hydrogen) atoms. The van der Waals surface area contributed by atoms with Crippen molar-refractivity contribution in [1.29, 1.82) is 0 Å². The Kier molecular flexibility index (Phi) is 5.97. The number of carbonyl (C=O) groups is 2. The number of nitrogens with one attached hydrogen (secondary N) is 1. The standard InChI is InChI=1S/C23H30N4O3/c1-3-12-24-23(29)27(17-10-11-17)16-21(28)26-15-14-25-13-6-8-19(25)22(26)18-7-4-5-9-20(18)30-2/h4-9,13,17,22H,3,10-12,14-16H2,1-2H3,(H,24,29). The molecule has 1 aromatic carbocycles. The molecule has 0 spiro atoms.